The Hall–Kier alpha value is -9.37. The van der Waals surface area contributed by atoms with Crippen molar-refractivity contribution in [1.29, 1.82) is 0 Å². The highest BCUT2D eigenvalue weighted by Gasteiger charge is 2.29. The molecule has 87 heavy (non-hydrogen) atoms. The number of alkyl carbamates (subject to hydrolysis) is 1. The number of carbonyl (C=O) groups excluding carboxylic acids is 7. The zero-order chi connectivity index (χ0) is 61.9. The molecule has 1 aliphatic heterocycles. The Morgan fingerprint density at radius 1 is 0.736 bits per heavy atom. The predicted molar refractivity (Wildman–Crippen MR) is 319 cm³/mol. The first kappa shape index (κ1) is 65.2. The molecule has 0 saturated carbocycles. The highest BCUT2D eigenvalue weighted by molar-refractivity contribution is 6.12. The van der Waals surface area contributed by atoms with Crippen LogP contribution in [-0.2, 0) is 60.8 Å². The van der Waals surface area contributed by atoms with Crippen molar-refractivity contribution in [2.45, 2.75) is 65.3 Å². The summed E-state index contributed by atoms with van der Waals surface area (Å²) in [4.78, 5) is 106. The number of fused-ring (bicyclic) bond motifs is 1. The van der Waals surface area contributed by atoms with Gasteiger partial charge in [0.05, 0.1) is 95.6 Å². The minimum Gasteiger partial charge on any atom is -0.490 e. The van der Waals surface area contributed by atoms with Gasteiger partial charge in [-0.2, -0.15) is 0 Å². The second-order valence-corrected chi connectivity index (χ2v) is 20.2. The lowest BCUT2D eigenvalue weighted by Crippen LogP contribution is -2.54. The van der Waals surface area contributed by atoms with Gasteiger partial charge in [-0.25, -0.2) is 19.0 Å². The molecule has 3 aromatic carbocycles. The van der Waals surface area contributed by atoms with Crippen molar-refractivity contribution >= 4 is 63.9 Å². The third-order valence-electron chi connectivity index (χ3n) is 13.2. The van der Waals surface area contributed by atoms with Gasteiger partial charge in [0.25, 0.3) is 11.8 Å². The van der Waals surface area contributed by atoms with Crippen LogP contribution in [0.3, 0.4) is 0 Å². The van der Waals surface area contributed by atoms with E-state index in [-0.39, 0.29) is 109 Å². The summed E-state index contributed by atoms with van der Waals surface area (Å²) in [7, 11) is 0. The van der Waals surface area contributed by atoms with Crippen LogP contribution in [0.25, 0.3) is 33.5 Å². The summed E-state index contributed by atoms with van der Waals surface area (Å²) in [6, 6.07) is 23.4. The summed E-state index contributed by atoms with van der Waals surface area (Å²) in [5.41, 5.74) is 11.3. The summed E-state index contributed by atoms with van der Waals surface area (Å²) >= 11 is 0. The molecule has 2 atom stereocenters. The van der Waals surface area contributed by atoms with E-state index >= 15 is 0 Å². The zero-order valence-corrected chi connectivity index (χ0v) is 48.7. The first-order valence-corrected chi connectivity index (χ1v) is 28.4. The summed E-state index contributed by atoms with van der Waals surface area (Å²) in [6.45, 7) is 8.14. The number of aromatic nitrogens is 4. The number of primary amides is 1. The molecular weight excluding hydrogens is 1130 g/mol. The smallest absolute Gasteiger partial charge is 0.407 e. The number of hydrogen-bond acceptors (Lipinski definition) is 17. The van der Waals surface area contributed by atoms with Gasteiger partial charge in [0.1, 0.15) is 48.4 Å². The van der Waals surface area contributed by atoms with Gasteiger partial charge in [-0.15, -0.1) is 0 Å². The molecule has 6 aromatic rings. The molecule has 1 aliphatic rings. The SMILES string of the molecule is Cc1cccc(-c2nc(CNc3cccc(F)c3)[nH]c2-c2ccc3ncc(OCCNC(=O)OCc4ccc(NC(=O)C(CCCNC(N)=O)NC(=O)[C@@H](NC(=O)CCOCCOCCOCCOCCN5C(=O)C=CC5=O)C(C)C)cc4)cc3c2)n1. The van der Waals surface area contributed by atoms with Crippen LogP contribution in [0.5, 0.6) is 5.75 Å². The van der Waals surface area contributed by atoms with Crippen molar-refractivity contribution in [2.75, 3.05) is 89.7 Å². The second-order valence-electron chi connectivity index (χ2n) is 20.2. The van der Waals surface area contributed by atoms with E-state index in [2.05, 4.69) is 41.9 Å². The van der Waals surface area contributed by atoms with Crippen LogP contribution in [0.2, 0.25) is 0 Å². The number of rotatable bonds is 36. The molecule has 3 aromatic heterocycles. The third-order valence-corrected chi connectivity index (χ3v) is 13.2. The molecule has 9 N–H and O–H groups in total. The van der Waals surface area contributed by atoms with E-state index in [0.29, 0.717) is 66.3 Å². The number of hydrogen-bond donors (Lipinski definition) is 8. The predicted octanol–water partition coefficient (Wildman–Crippen LogP) is 5.45. The number of ether oxygens (including phenoxy) is 6. The maximum absolute atomic E-state index is 13.9. The van der Waals surface area contributed by atoms with E-state index in [1.807, 2.05) is 49.4 Å². The lowest BCUT2D eigenvalue weighted by molar-refractivity contribution is -0.137. The van der Waals surface area contributed by atoms with Crippen LogP contribution >= 0.6 is 0 Å². The number of urea groups is 1. The number of anilines is 2. The highest BCUT2D eigenvalue weighted by atomic mass is 19.1. The molecule has 462 valence electrons. The summed E-state index contributed by atoms with van der Waals surface area (Å²) in [5, 5.41) is 17.4. The Labute approximate surface area is 502 Å². The Balaban J connectivity index is 0.804. The van der Waals surface area contributed by atoms with Crippen LogP contribution < -0.4 is 42.4 Å². The molecule has 26 heteroatoms. The maximum Gasteiger partial charge on any atom is 0.407 e. The van der Waals surface area contributed by atoms with Crippen molar-refractivity contribution in [1.82, 2.24) is 46.1 Å². The van der Waals surface area contributed by atoms with Gasteiger partial charge in [0.2, 0.25) is 17.7 Å². The van der Waals surface area contributed by atoms with Crippen molar-refractivity contribution in [3.63, 3.8) is 0 Å². The lowest BCUT2D eigenvalue weighted by Gasteiger charge is -2.25. The molecule has 4 heterocycles. The first-order chi connectivity index (χ1) is 42.1. The number of amides is 8. The number of benzene rings is 3. The molecule has 8 amide bonds. The number of imidazole rings is 1. The molecule has 0 spiro atoms. The monoisotopic (exact) mass is 1200 g/mol. The van der Waals surface area contributed by atoms with Gasteiger partial charge in [0, 0.05) is 53.1 Å². The van der Waals surface area contributed by atoms with Gasteiger partial charge in [-0.1, -0.05) is 44.2 Å². The molecule has 0 bridgehead atoms. The molecule has 0 radical (unpaired) electrons. The number of nitrogens with one attached hydrogen (secondary N) is 7. The minimum atomic E-state index is -1.07. The van der Waals surface area contributed by atoms with Gasteiger partial charge in [-0.3, -0.25) is 38.8 Å². The van der Waals surface area contributed by atoms with E-state index in [4.69, 9.17) is 44.1 Å². The van der Waals surface area contributed by atoms with Crippen LogP contribution in [0, 0.1) is 18.7 Å². The quantitative estimate of drug-likeness (QED) is 0.0179. The number of carbonyl (C=O) groups is 7. The fourth-order valence-electron chi connectivity index (χ4n) is 8.70. The topological polar surface area (TPSA) is 331 Å². The summed E-state index contributed by atoms with van der Waals surface area (Å²) < 4.78 is 47.1. The van der Waals surface area contributed by atoms with Crippen molar-refractivity contribution in [2.24, 2.45) is 11.7 Å². The Bertz CT molecular complexity index is 3310. The largest absolute Gasteiger partial charge is 0.490 e. The van der Waals surface area contributed by atoms with Crippen molar-refractivity contribution < 1.29 is 66.4 Å². The minimum absolute atomic E-state index is 0.0401. The molecule has 0 aliphatic carbocycles. The van der Waals surface area contributed by atoms with Gasteiger partial charge < -0.3 is 71.0 Å². The standard InChI is InChI=1S/C61H73FN12O13/c1-39(2)55(73-52(75)20-24-82-27-29-84-31-32-85-30-28-83-26-23-74-53(76)18-19-54(74)77)59(79)70-50(11-6-21-64-60(63)80)58(78)69-45-15-12-41(13-16-45)38-87-61(81)65-22-25-86-47-34-43-33-42(14-17-48(43)67-36-47)56-57(49-10-4-7-40(3)68-49)72-51(71-56)37-66-46-9-5-8-44(62)35-46/h4-5,7-10,12-19,33-36,39,50,55,66H,6,11,20-32,37-38H2,1-3H3,(H,65,81)(H,69,78)(H,70,79)(H,71,72)(H,73,75)(H3,63,64,80)/t50?,55-/m0/s1. The van der Waals surface area contributed by atoms with Gasteiger partial charge in [0.15, 0.2) is 0 Å². The lowest BCUT2D eigenvalue weighted by atomic mass is 10.0. The van der Waals surface area contributed by atoms with Crippen molar-refractivity contribution in [3.8, 4) is 28.4 Å². The average Bonchev–Trinajstić information content (AvgIpc) is 2.31. The van der Waals surface area contributed by atoms with Crippen LogP contribution in [-0.4, -0.2) is 158 Å². The molecule has 7 rings (SSSR count). The molecule has 0 saturated heterocycles. The molecular formula is C61H73FN12O13. The number of nitrogens with zero attached hydrogens (tertiary/aromatic N) is 4. The Morgan fingerprint density at radius 3 is 2.15 bits per heavy atom. The van der Waals surface area contributed by atoms with Gasteiger partial charge >= 0.3 is 12.1 Å². The molecule has 0 fully saturated rings. The highest BCUT2D eigenvalue weighted by Crippen LogP contribution is 2.32. The van der Waals surface area contributed by atoms with E-state index in [0.717, 1.165) is 32.8 Å². The van der Waals surface area contributed by atoms with Crippen molar-refractivity contribution in [3.05, 3.63) is 132 Å². The third kappa shape index (κ3) is 21.6. The van der Waals surface area contributed by atoms with Crippen LogP contribution in [0.1, 0.15) is 50.2 Å². The second kappa shape index (κ2) is 33.9. The number of aryl methyl sites for hydroxylation is 1. The molecule has 1 unspecified atom stereocenters. The summed E-state index contributed by atoms with van der Waals surface area (Å²) in [6.07, 6.45) is 3.73. The average molecular weight is 1200 g/mol. The van der Waals surface area contributed by atoms with Crippen LogP contribution in [0.15, 0.2) is 109 Å². The Morgan fingerprint density at radius 2 is 1.45 bits per heavy atom. The number of imide groups is 1. The maximum atomic E-state index is 13.9. The number of halogens is 1. The number of nitrogens with two attached hydrogens (primary N) is 1. The van der Waals surface area contributed by atoms with Gasteiger partial charge in [-0.05, 0) is 91.9 Å². The summed E-state index contributed by atoms with van der Waals surface area (Å²) in [5.74, 6) is -1.89. The molecule has 25 nitrogen and oxygen atoms in total. The van der Waals surface area contributed by atoms with E-state index < -0.39 is 41.9 Å². The number of H-pyrrole nitrogens is 1. The van der Waals surface area contributed by atoms with E-state index in [9.17, 15) is 38.0 Å². The fraction of sp³-hybridized carbons (Fsp3) is 0.377. The fourth-order valence-corrected chi connectivity index (χ4v) is 8.70. The number of pyridine rings is 2. The Kier molecular flexibility index (Phi) is 25.4. The zero-order valence-electron chi connectivity index (χ0n) is 48.7. The normalized spacial score (nSPS) is 12.7. The van der Waals surface area contributed by atoms with E-state index in [1.165, 1.54) is 24.3 Å². The van der Waals surface area contributed by atoms with E-state index in [1.54, 1.807) is 56.4 Å². The first-order valence-electron chi connectivity index (χ1n) is 28.4. The number of aromatic amines is 1. The van der Waals surface area contributed by atoms with Crippen LogP contribution in [0.4, 0.5) is 25.4 Å².